The summed E-state index contributed by atoms with van der Waals surface area (Å²) in [4.78, 5) is 25.9. The summed E-state index contributed by atoms with van der Waals surface area (Å²) >= 11 is 0. The van der Waals surface area contributed by atoms with Crippen LogP contribution in [0.15, 0.2) is 48.8 Å². The average molecular weight is 446 g/mol. The molecule has 32 heavy (non-hydrogen) atoms. The Labute approximate surface area is 180 Å². The van der Waals surface area contributed by atoms with E-state index in [1.54, 1.807) is 24.3 Å². The van der Waals surface area contributed by atoms with Crippen LogP contribution in [0.2, 0.25) is 0 Å². The van der Waals surface area contributed by atoms with Crippen molar-refractivity contribution in [3.05, 3.63) is 66.0 Å². The topological polar surface area (TPSA) is 97.0 Å². The second-order valence-electron chi connectivity index (χ2n) is 7.43. The van der Waals surface area contributed by atoms with E-state index >= 15 is 0 Å². The summed E-state index contributed by atoms with van der Waals surface area (Å²) in [6, 6.07) is 8.64. The zero-order valence-electron chi connectivity index (χ0n) is 16.6. The van der Waals surface area contributed by atoms with E-state index in [0.29, 0.717) is 36.6 Å². The molecule has 1 aromatic carbocycles. The number of benzene rings is 1. The van der Waals surface area contributed by atoms with Crippen LogP contribution in [0.3, 0.4) is 0 Å². The number of amides is 2. The van der Waals surface area contributed by atoms with E-state index in [-0.39, 0.29) is 23.2 Å². The van der Waals surface area contributed by atoms with Crippen LogP contribution in [-0.4, -0.2) is 39.0 Å². The van der Waals surface area contributed by atoms with Crippen molar-refractivity contribution >= 4 is 17.5 Å². The predicted octanol–water partition coefficient (Wildman–Crippen LogP) is 3.99. The molecule has 0 bridgehead atoms. The third-order valence-electron chi connectivity index (χ3n) is 5.04. The highest BCUT2D eigenvalue weighted by atomic mass is 19.4. The van der Waals surface area contributed by atoms with E-state index < -0.39 is 17.8 Å². The highest BCUT2D eigenvalue weighted by molar-refractivity contribution is 5.92. The van der Waals surface area contributed by atoms with E-state index in [1.165, 1.54) is 17.0 Å². The number of nitrogen functional groups attached to an aromatic ring is 1. The number of anilines is 2. The fourth-order valence-electron chi connectivity index (χ4n) is 3.26. The molecule has 0 spiro atoms. The molecule has 2 amide bonds. The van der Waals surface area contributed by atoms with E-state index in [2.05, 4.69) is 20.3 Å². The lowest BCUT2D eigenvalue weighted by Gasteiger charge is -2.38. The third kappa shape index (κ3) is 4.76. The van der Waals surface area contributed by atoms with Crippen LogP contribution >= 0.6 is 0 Å². The van der Waals surface area contributed by atoms with Crippen LogP contribution in [0, 0.1) is 11.7 Å². The monoisotopic (exact) mass is 446 g/mol. The molecule has 1 fully saturated rings. The van der Waals surface area contributed by atoms with Gasteiger partial charge in [0.1, 0.15) is 11.6 Å². The molecular formula is C21H18F4N6O. The molecule has 11 heteroatoms. The summed E-state index contributed by atoms with van der Waals surface area (Å²) in [5.74, 6) is 0.146. The number of likely N-dealkylation sites (tertiary alicyclic amines) is 1. The fourth-order valence-corrected chi connectivity index (χ4v) is 3.26. The highest BCUT2D eigenvalue weighted by Crippen LogP contribution is 2.28. The summed E-state index contributed by atoms with van der Waals surface area (Å²) in [5.41, 5.74) is 6.49. The lowest BCUT2D eigenvalue weighted by atomic mass is 9.96. The molecule has 3 N–H and O–H groups in total. The van der Waals surface area contributed by atoms with Crippen molar-refractivity contribution in [2.75, 3.05) is 24.1 Å². The Bertz CT molecular complexity index is 1110. The van der Waals surface area contributed by atoms with Gasteiger partial charge in [-0.3, -0.25) is 5.32 Å². The number of aromatic nitrogens is 3. The lowest BCUT2D eigenvalue weighted by Crippen LogP contribution is -2.52. The van der Waals surface area contributed by atoms with Gasteiger partial charge in [-0.05, 0) is 36.4 Å². The summed E-state index contributed by atoms with van der Waals surface area (Å²) in [5, 5.41) is 2.66. The lowest BCUT2D eigenvalue weighted by molar-refractivity contribution is -0.138. The van der Waals surface area contributed by atoms with Crippen molar-refractivity contribution in [2.24, 2.45) is 5.92 Å². The van der Waals surface area contributed by atoms with Gasteiger partial charge in [0.25, 0.3) is 0 Å². The maximum absolute atomic E-state index is 13.1. The smallest absolute Gasteiger partial charge is 0.396 e. The zero-order valence-corrected chi connectivity index (χ0v) is 16.6. The van der Waals surface area contributed by atoms with Crippen molar-refractivity contribution in [3.63, 3.8) is 0 Å². The molecule has 0 aliphatic carbocycles. The molecule has 0 unspecified atom stereocenters. The number of hydrogen-bond acceptors (Lipinski definition) is 5. The van der Waals surface area contributed by atoms with Gasteiger partial charge in [-0.25, -0.2) is 24.1 Å². The molecule has 1 aliphatic heterocycles. The molecule has 1 aliphatic rings. The van der Waals surface area contributed by atoms with Gasteiger partial charge < -0.3 is 10.6 Å². The predicted molar refractivity (Wildman–Crippen MR) is 109 cm³/mol. The molecular weight excluding hydrogens is 428 g/mol. The molecule has 0 atom stereocenters. The number of rotatable bonds is 4. The van der Waals surface area contributed by atoms with Gasteiger partial charge in [-0.15, -0.1) is 0 Å². The molecule has 3 heterocycles. The molecule has 166 valence electrons. The third-order valence-corrected chi connectivity index (χ3v) is 5.04. The van der Waals surface area contributed by atoms with Gasteiger partial charge >= 0.3 is 12.2 Å². The molecule has 1 saturated heterocycles. The summed E-state index contributed by atoms with van der Waals surface area (Å²) < 4.78 is 50.9. The first-order valence-electron chi connectivity index (χ1n) is 9.65. The number of nitrogens with zero attached hydrogens (tertiary/aromatic N) is 4. The van der Waals surface area contributed by atoms with Crippen molar-refractivity contribution in [2.45, 2.75) is 12.6 Å². The number of carbonyl (C=O) groups is 1. The summed E-state index contributed by atoms with van der Waals surface area (Å²) in [6.45, 7) is 0.793. The number of carbonyl (C=O) groups excluding carboxylic acids is 1. The number of hydrogen-bond donors (Lipinski definition) is 2. The zero-order chi connectivity index (χ0) is 22.9. The maximum atomic E-state index is 13.1. The minimum absolute atomic E-state index is 0.0355. The summed E-state index contributed by atoms with van der Waals surface area (Å²) in [6.07, 6.45) is -2.60. The Morgan fingerprint density at radius 2 is 1.75 bits per heavy atom. The average Bonchev–Trinajstić information content (AvgIpc) is 2.72. The van der Waals surface area contributed by atoms with E-state index in [4.69, 9.17) is 5.73 Å². The second-order valence-corrected chi connectivity index (χ2v) is 7.43. The normalized spacial score (nSPS) is 14.2. The van der Waals surface area contributed by atoms with Gasteiger partial charge in [0, 0.05) is 43.4 Å². The Kier molecular flexibility index (Phi) is 5.64. The van der Waals surface area contributed by atoms with Gasteiger partial charge in [0.05, 0.1) is 16.9 Å². The SMILES string of the molecule is Nc1ccc(-c2ccc(F)cc2)nc1NC(=O)N1CC(Cc2ncc(C(F)(F)F)cn2)C1. The van der Waals surface area contributed by atoms with Crippen molar-refractivity contribution in [1.29, 1.82) is 0 Å². The first kappa shape index (κ1) is 21.5. The number of pyridine rings is 1. The number of nitrogens with two attached hydrogens (primary N) is 1. The fraction of sp³-hybridized carbons (Fsp3) is 0.238. The largest absolute Gasteiger partial charge is 0.419 e. The molecule has 2 aromatic heterocycles. The number of nitrogens with one attached hydrogen (secondary N) is 1. The van der Waals surface area contributed by atoms with Crippen LogP contribution in [-0.2, 0) is 12.6 Å². The van der Waals surface area contributed by atoms with Crippen LogP contribution in [0.25, 0.3) is 11.3 Å². The summed E-state index contributed by atoms with van der Waals surface area (Å²) in [7, 11) is 0. The van der Waals surface area contributed by atoms with Gasteiger partial charge in [-0.1, -0.05) is 0 Å². The first-order valence-corrected chi connectivity index (χ1v) is 9.65. The van der Waals surface area contributed by atoms with Crippen molar-refractivity contribution in [3.8, 4) is 11.3 Å². The Balaban J connectivity index is 1.34. The molecule has 0 saturated carbocycles. The van der Waals surface area contributed by atoms with Crippen LogP contribution in [0.4, 0.5) is 33.9 Å². The number of urea groups is 1. The minimum Gasteiger partial charge on any atom is -0.396 e. The quantitative estimate of drug-likeness (QED) is 0.591. The van der Waals surface area contributed by atoms with Crippen molar-refractivity contribution < 1.29 is 22.4 Å². The van der Waals surface area contributed by atoms with E-state index in [1.807, 2.05) is 0 Å². The molecule has 0 radical (unpaired) electrons. The van der Waals surface area contributed by atoms with Crippen LogP contribution in [0.5, 0.6) is 0 Å². The Hall–Kier alpha value is -3.76. The highest BCUT2D eigenvalue weighted by Gasteiger charge is 2.33. The van der Waals surface area contributed by atoms with Gasteiger partial charge in [-0.2, -0.15) is 13.2 Å². The number of halogens is 4. The molecule has 3 aromatic rings. The molecule has 7 nitrogen and oxygen atoms in total. The minimum atomic E-state index is -4.48. The Morgan fingerprint density at radius 1 is 1.09 bits per heavy atom. The van der Waals surface area contributed by atoms with Crippen LogP contribution < -0.4 is 11.1 Å². The molecule has 4 rings (SSSR count). The Morgan fingerprint density at radius 3 is 2.38 bits per heavy atom. The van der Waals surface area contributed by atoms with E-state index in [9.17, 15) is 22.4 Å². The standard InChI is InChI=1S/C21H18F4N6O/c22-15-3-1-13(2-4-15)17-6-5-16(26)19(29-17)30-20(32)31-10-12(11-31)7-18-27-8-14(9-28-18)21(23,24)25/h1-6,8-9,12H,7,10-11,26H2,(H,29,30,32). The van der Waals surface area contributed by atoms with Gasteiger partial charge in [0.15, 0.2) is 5.82 Å². The maximum Gasteiger partial charge on any atom is 0.419 e. The van der Waals surface area contributed by atoms with E-state index in [0.717, 1.165) is 12.4 Å². The van der Waals surface area contributed by atoms with Gasteiger partial charge in [0.2, 0.25) is 0 Å². The van der Waals surface area contributed by atoms with Crippen LogP contribution in [0.1, 0.15) is 11.4 Å². The second kappa shape index (κ2) is 8.40. The van der Waals surface area contributed by atoms with Crippen molar-refractivity contribution in [1.82, 2.24) is 19.9 Å². The first-order chi connectivity index (χ1) is 15.2. The number of alkyl halides is 3.